The average molecular weight is 298 g/mol. The predicted octanol–water partition coefficient (Wildman–Crippen LogP) is 1.65. The minimum Gasteiger partial charge on any atom is -0.395 e. The van der Waals surface area contributed by atoms with Gasteiger partial charge in [0, 0.05) is 25.3 Å². The van der Waals surface area contributed by atoms with Gasteiger partial charge in [-0.2, -0.15) is 4.31 Å². The number of hydrogen-bond donors (Lipinski definition) is 2. The van der Waals surface area contributed by atoms with Crippen LogP contribution in [-0.2, 0) is 10.0 Å². The molecule has 1 fully saturated rings. The Morgan fingerprint density at radius 3 is 2.35 bits per heavy atom. The highest BCUT2D eigenvalue weighted by atomic mass is 32.2. The van der Waals surface area contributed by atoms with Crippen molar-refractivity contribution >= 4 is 15.7 Å². The summed E-state index contributed by atoms with van der Waals surface area (Å²) in [6.45, 7) is 0.0190. The van der Waals surface area contributed by atoms with Crippen LogP contribution in [0.1, 0.15) is 25.7 Å². The van der Waals surface area contributed by atoms with Gasteiger partial charge in [-0.25, -0.2) is 8.42 Å². The molecular weight excluding hydrogens is 276 g/mol. The van der Waals surface area contributed by atoms with Crippen molar-refractivity contribution in [2.45, 2.75) is 36.6 Å². The molecule has 0 radical (unpaired) electrons. The standard InChI is InChI=1S/C14H22N2O3S/c1-15-12-6-8-14(9-7-12)20(18,19)16(10-11-17)13-4-2-3-5-13/h6-9,13,15,17H,2-5,10-11H2,1H3. The molecule has 2 rings (SSSR count). The summed E-state index contributed by atoms with van der Waals surface area (Å²) in [5, 5.41) is 12.1. The maximum atomic E-state index is 12.7. The number of rotatable bonds is 6. The van der Waals surface area contributed by atoms with Gasteiger partial charge in [0.15, 0.2) is 0 Å². The number of nitrogens with one attached hydrogen (secondary N) is 1. The van der Waals surface area contributed by atoms with Gasteiger partial charge in [-0.3, -0.25) is 0 Å². The Hall–Kier alpha value is -1.11. The van der Waals surface area contributed by atoms with Crippen molar-refractivity contribution in [1.82, 2.24) is 4.31 Å². The average Bonchev–Trinajstić information content (AvgIpc) is 2.98. The van der Waals surface area contributed by atoms with Crippen LogP contribution >= 0.6 is 0 Å². The van der Waals surface area contributed by atoms with E-state index in [1.165, 1.54) is 4.31 Å². The number of aliphatic hydroxyl groups excluding tert-OH is 1. The number of hydrogen-bond acceptors (Lipinski definition) is 4. The highest BCUT2D eigenvalue weighted by molar-refractivity contribution is 7.89. The van der Waals surface area contributed by atoms with Crippen LogP contribution in [0.2, 0.25) is 0 Å². The Morgan fingerprint density at radius 2 is 1.85 bits per heavy atom. The third kappa shape index (κ3) is 3.13. The summed E-state index contributed by atoms with van der Waals surface area (Å²) in [7, 11) is -1.73. The van der Waals surface area contributed by atoms with E-state index in [0.29, 0.717) is 0 Å². The predicted molar refractivity (Wildman–Crippen MR) is 79.2 cm³/mol. The van der Waals surface area contributed by atoms with Crippen LogP contribution in [0.4, 0.5) is 5.69 Å². The van der Waals surface area contributed by atoms with Crippen molar-refractivity contribution in [3.05, 3.63) is 24.3 Å². The third-order valence-electron chi connectivity index (χ3n) is 3.80. The Morgan fingerprint density at radius 1 is 1.25 bits per heavy atom. The molecular formula is C14H22N2O3S. The summed E-state index contributed by atoms with van der Waals surface area (Å²) >= 11 is 0. The van der Waals surface area contributed by atoms with Crippen molar-refractivity contribution in [2.24, 2.45) is 0 Å². The van der Waals surface area contributed by atoms with Crippen molar-refractivity contribution < 1.29 is 13.5 Å². The van der Waals surface area contributed by atoms with E-state index in [4.69, 9.17) is 0 Å². The van der Waals surface area contributed by atoms with E-state index >= 15 is 0 Å². The molecule has 0 spiro atoms. The van der Waals surface area contributed by atoms with Crippen molar-refractivity contribution in [3.8, 4) is 0 Å². The molecule has 0 aromatic heterocycles. The van der Waals surface area contributed by atoms with Crippen LogP contribution in [0, 0.1) is 0 Å². The molecule has 0 saturated heterocycles. The van der Waals surface area contributed by atoms with E-state index < -0.39 is 10.0 Å². The van der Waals surface area contributed by atoms with E-state index in [0.717, 1.165) is 31.4 Å². The molecule has 0 bridgehead atoms. The molecule has 0 aliphatic heterocycles. The molecule has 1 aliphatic rings. The van der Waals surface area contributed by atoms with Gasteiger partial charge in [0.2, 0.25) is 10.0 Å². The Kier molecular flexibility index (Phi) is 5.01. The molecule has 1 aliphatic carbocycles. The lowest BCUT2D eigenvalue weighted by atomic mass is 10.2. The fourth-order valence-corrected chi connectivity index (χ4v) is 4.39. The molecule has 0 atom stereocenters. The first kappa shape index (κ1) is 15.3. The molecule has 6 heteroatoms. The van der Waals surface area contributed by atoms with Crippen molar-refractivity contribution in [2.75, 3.05) is 25.5 Å². The quantitative estimate of drug-likeness (QED) is 0.838. The molecule has 5 nitrogen and oxygen atoms in total. The molecule has 112 valence electrons. The summed E-state index contributed by atoms with van der Waals surface area (Å²) in [4.78, 5) is 0.289. The Bertz CT molecular complexity index is 522. The number of benzene rings is 1. The Labute approximate surface area is 120 Å². The van der Waals surface area contributed by atoms with Crippen LogP contribution in [0.3, 0.4) is 0 Å². The van der Waals surface area contributed by atoms with Gasteiger partial charge >= 0.3 is 0 Å². The lowest BCUT2D eigenvalue weighted by Crippen LogP contribution is -2.40. The number of anilines is 1. The largest absolute Gasteiger partial charge is 0.395 e. The second-order valence-corrected chi connectivity index (χ2v) is 6.94. The van der Waals surface area contributed by atoms with Gasteiger partial charge in [-0.05, 0) is 37.1 Å². The van der Waals surface area contributed by atoms with Crippen LogP contribution in [0.25, 0.3) is 0 Å². The normalized spacial score (nSPS) is 16.8. The zero-order valence-electron chi connectivity index (χ0n) is 11.7. The van der Waals surface area contributed by atoms with Gasteiger partial charge in [0.1, 0.15) is 0 Å². The first-order valence-electron chi connectivity index (χ1n) is 7.00. The topological polar surface area (TPSA) is 69.6 Å². The van der Waals surface area contributed by atoms with Crippen LogP contribution < -0.4 is 5.32 Å². The van der Waals surface area contributed by atoms with Gasteiger partial charge in [-0.15, -0.1) is 0 Å². The molecule has 1 aromatic rings. The molecule has 1 saturated carbocycles. The van der Waals surface area contributed by atoms with E-state index in [2.05, 4.69) is 5.32 Å². The first-order chi connectivity index (χ1) is 9.59. The number of nitrogens with zero attached hydrogens (tertiary/aromatic N) is 1. The highest BCUT2D eigenvalue weighted by Crippen LogP contribution is 2.28. The Balaban J connectivity index is 2.28. The minimum atomic E-state index is -3.53. The minimum absolute atomic E-state index is 0.0242. The summed E-state index contributed by atoms with van der Waals surface area (Å²) < 4.78 is 26.9. The van der Waals surface area contributed by atoms with E-state index in [1.54, 1.807) is 31.3 Å². The monoisotopic (exact) mass is 298 g/mol. The zero-order chi connectivity index (χ0) is 14.6. The second-order valence-electron chi connectivity index (χ2n) is 5.05. The van der Waals surface area contributed by atoms with Crippen LogP contribution in [0.15, 0.2) is 29.2 Å². The fourth-order valence-electron chi connectivity index (χ4n) is 2.72. The molecule has 0 unspecified atom stereocenters. The fraction of sp³-hybridized carbons (Fsp3) is 0.571. The van der Waals surface area contributed by atoms with E-state index in [1.807, 2.05) is 0 Å². The van der Waals surface area contributed by atoms with E-state index in [-0.39, 0.29) is 24.1 Å². The van der Waals surface area contributed by atoms with Crippen LogP contribution in [-0.4, -0.2) is 44.1 Å². The summed E-state index contributed by atoms with van der Waals surface area (Å²) in [6, 6.07) is 6.74. The summed E-state index contributed by atoms with van der Waals surface area (Å²) in [5.74, 6) is 0. The molecule has 0 heterocycles. The number of aliphatic hydroxyl groups is 1. The van der Waals surface area contributed by atoms with Crippen molar-refractivity contribution in [3.63, 3.8) is 0 Å². The SMILES string of the molecule is CNc1ccc(S(=O)(=O)N(CCO)C2CCCC2)cc1. The first-order valence-corrected chi connectivity index (χ1v) is 8.44. The summed E-state index contributed by atoms with van der Waals surface area (Å²) in [6.07, 6.45) is 3.88. The molecule has 20 heavy (non-hydrogen) atoms. The van der Waals surface area contributed by atoms with Gasteiger partial charge in [0.05, 0.1) is 11.5 Å². The zero-order valence-corrected chi connectivity index (χ0v) is 12.6. The lowest BCUT2D eigenvalue weighted by Gasteiger charge is -2.27. The van der Waals surface area contributed by atoms with Gasteiger partial charge < -0.3 is 10.4 Å². The van der Waals surface area contributed by atoms with Crippen LogP contribution in [0.5, 0.6) is 0 Å². The number of sulfonamides is 1. The molecule has 1 aromatic carbocycles. The van der Waals surface area contributed by atoms with Crippen molar-refractivity contribution in [1.29, 1.82) is 0 Å². The highest BCUT2D eigenvalue weighted by Gasteiger charge is 2.32. The van der Waals surface area contributed by atoms with Gasteiger partial charge in [0.25, 0.3) is 0 Å². The lowest BCUT2D eigenvalue weighted by molar-refractivity contribution is 0.226. The molecule has 2 N–H and O–H groups in total. The van der Waals surface area contributed by atoms with Gasteiger partial charge in [-0.1, -0.05) is 12.8 Å². The maximum absolute atomic E-state index is 12.7. The second kappa shape index (κ2) is 6.56. The van der Waals surface area contributed by atoms with E-state index in [9.17, 15) is 13.5 Å². The third-order valence-corrected chi connectivity index (χ3v) is 5.77. The summed E-state index contributed by atoms with van der Waals surface area (Å²) in [5.41, 5.74) is 0.874. The molecule has 0 amide bonds. The smallest absolute Gasteiger partial charge is 0.243 e. The maximum Gasteiger partial charge on any atom is 0.243 e.